The fourth-order valence-electron chi connectivity index (χ4n) is 3.16. The molecule has 0 spiro atoms. The maximum Gasteiger partial charge on any atom is 0.0778 e. The van der Waals surface area contributed by atoms with Crippen molar-refractivity contribution in [3.63, 3.8) is 0 Å². The van der Waals surface area contributed by atoms with Crippen molar-refractivity contribution in [3.8, 4) is 0 Å². The summed E-state index contributed by atoms with van der Waals surface area (Å²) in [5.41, 5.74) is 2.25. The second-order valence-corrected chi connectivity index (χ2v) is 7.60. The second kappa shape index (κ2) is 8.81. The summed E-state index contributed by atoms with van der Waals surface area (Å²) in [7, 11) is 0. The minimum Gasteiger partial charge on any atom is -0.390 e. The van der Waals surface area contributed by atoms with Crippen molar-refractivity contribution in [2.75, 3.05) is 0 Å². The maximum absolute atomic E-state index is 10.5. The molecule has 0 bridgehead atoms. The van der Waals surface area contributed by atoms with Crippen LogP contribution in [0.2, 0.25) is 0 Å². The average Bonchev–Trinajstić information content (AvgIpc) is 2.42. The lowest BCUT2D eigenvalue weighted by Crippen LogP contribution is -2.39. The van der Waals surface area contributed by atoms with E-state index in [4.69, 9.17) is 0 Å². The first-order chi connectivity index (χ1) is 10.6. The molecule has 1 rings (SSSR count). The quantitative estimate of drug-likeness (QED) is 0.642. The van der Waals surface area contributed by atoms with Crippen LogP contribution >= 0.6 is 0 Å². The van der Waals surface area contributed by atoms with Gasteiger partial charge in [0.15, 0.2) is 0 Å². The first-order valence-corrected chi connectivity index (χ1v) is 8.70. The fourth-order valence-corrected chi connectivity index (χ4v) is 3.16. The van der Waals surface area contributed by atoms with E-state index in [1.807, 2.05) is 13.0 Å². The largest absolute Gasteiger partial charge is 0.390 e. The van der Waals surface area contributed by atoms with E-state index in [1.165, 1.54) is 5.57 Å². The molecule has 0 unspecified atom stereocenters. The van der Waals surface area contributed by atoms with E-state index in [1.54, 1.807) is 13.8 Å². The van der Waals surface area contributed by atoms with Gasteiger partial charge in [-0.1, -0.05) is 29.9 Å². The second-order valence-electron chi connectivity index (χ2n) is 7.60. The highest BCUT2D eigenvalue weighted by Crippen LogP contribution is 2.30. The van der Waals surface area contributed by atoms with Crippen molar-refractivity contribution in [1.29, 1.82) is 0 Å². The predicted molar refractivity (Wildman–Crippen MR) is 96.2 cm³/mol. The normalized spacial score (nSPS) is 34.0. The number of hydrogen-bond acceptors (Lipinski definition) is 3. The van der Waals surface area contributed by atoms with Gasteiger partial charge in [-0.2, -0.15) is 0 Å². The Hall–Kier alpha value is -0.900. The molecule has 0 aromatic rings. The van der Waals surface area contributed by atoms with E-state index in [0.29, 0.717) is 19.3 Å². The van der Waals surface area contributed by atoms with Crippen LogP contribution in [0.3, 0.4) is 0 Å². The summed E-state index contributed by atoms with van der Waals surface area (Å²) in [6, 6.07) is 0. The van der Waals surface area contributed by atoms with Crippen LogP contribution in [0.15, 0.2) is 35.5 Å². The molecule has 0 aliphatic heterocycles. The molecule has 132 valence electrons. The standard InChI is InChI=1S/C20H34O3/c1-14-7-6-8-15(2)13-19(22)17(20(4,5)23)11-10-16(3)18(21)12-9-14/h7,13,17-19,21-23H,3,6,8-12H2,1-2,4-5H3/b14-7+,15-13+/t17-,18+,19-/m1/s1. The molecule has 0 amide bonds. The molecule has 0 fully saturated rings. The van der Waals surface area contributed by atoms with Crippen molar-refractivity contribution in [2.24, 2.45) is 5.92 Å². The van der Waals surface area contributed by atoms with Gasteiger partial charge in [-0.05, 0) is 71.8 Å². The summed E-state index contributed by atoms with van der Waals surface area (Å²) in [5, 5.41) is 31.2. The molecular formula is C20H34O3. The molecule has 0 saturated carbocycles. The molecule has 1 aliphatic carbocycles. The van der Waals surface area contributed by atoms with E-state index in [0.717, 1.165) is 30.4 Å². The molecule has 0 aromatic carbocycles. The minimum atomic E-state index is -0.977. The highest BCUT2D eigenvalue weighted by Gasteiger charge is 2.32. The van der Waals surface area contributed by atoms with Crippen LogP contribution < -0.4 is 0 Å². The molecule has 0 radical (unpaired) electrons. The van der Waals surface area contributed by atoms with Crippen LogP contribution in [0.4, 0.5) is 0 Å². The van der Waals surface area contributed by atoms with E-state index < -0.39 is 17.8 Å². The predicted octanol–water partition coefficient (Wildman–Crippen LogP) is 3.90. The zero-order chi connectivity index (χ0) is 17.6. The van der Waals surface area contributed by atoms with E-state index in [2.05, 4.69) is 19.6 Å². The number of rotatable bonds is 1. The van der Waals surface area contributed by atoms with Gasteiger partial charge in [0.05, 0.1) is 17.8 Å². The van der Waals surface area contributed by atoms with Crippen LogP contribution in [0.1, 0.15) is 66.2 Å². The highest BCUT2D eigenvalue weighted by atomic mass is 16.3. The van der Waals surface area contributed by atoms with Crippen LogP contribution in [0, 0.1) is 5.92 Å². The van der Waals surface area contributed by atoms with Gasteiger partial charge in [0.1, 0.15) is 0 Å². The average molecular weight is 322 g/mol. The Kier molecular flexibility index (Phi) is 7.72. The smallest absolute Gasteiger partial charge is 0.0778 e. The Bertz CT molecular complexity index is 454. The lowest BCUT2D eigenvalue weighted by molar-refractivity contribution is -0.0350. The van der Waals surface area contributed by atoms with Crippen LogP contribution in [0.25, 0.3) is 0 Å². The van der Waals surface area contributed by atoms with Crippen molar-refractivity contribution in [3.05, 3.63) is 35.5 Å². The molecule has 0 heterocycles. The topological polar surface area (TPSA) is 60.7 Å². The number of hydrogen-bond donors (Lipinski definition) is 3. The molecule has 1 aliphatic rings. The van der Waals surface area contributed by atoms with Gasteiger partial charge in [0, 0.05) is 5.92 Å². The Morgan fingerprint density at radius 3 is 2.30 bits per heavy atom. The van der Waals surface area contributed by atoms with Gasteiger partial charge in [-0.25, -0.2) is 0 Å². The zero-order valence-electron chi connectivity index (χ0n) is 15.2. The summed E-state index contributed by atoms with van der Waals surface area (Å²) in [6.07, 6.45) is 7.50. The molecular weight excluding hydrogens is 288 g/mol. The van der Waals surface area contributed by atoms with Crippen LogP contribution in [-0.2, 0) is 0 Å². The third-order valence-electron chi connectivity index (χ3n) is 4.87. The number of aliphatic hydroxyl groups excluding tert-OH is 2. The Labute approximate surface area is 141 Å². The monoisotopic (exact) mass is 322 g/mol. The van der Waals surface area contributed by atoms with Crippen LogP contribution in [-0.4, -0.2) is 33.1 Å². The van der Waals surface area contributed by atoms with Crippen molar-refractivity contribution >= 4 is 0 Å². The first kappa shape index (κ1) is 20.1. The summed E-state index contributed by atoms with van der Waals surface area (Å²) in [4.78, 5) is 0. The maximum atomic E-state index is 10.5. The summed E-state index contributed by atoms with van der Waals surface area (Å²) in [6.45, 7) is 11.6. The summed E-state index contributed by atoms with van der Waals surface area (Å²) >= 11 is 0. The van der Waals surface area contributed by atoms with Crippen molar-refractivity contribution in [1.82, 2.24) is 0 Å². The van der Waals surface area contributed by atoms with Gasteiger partial charge in [-0.15, -0.1) is 0 Å². The summed E-state index contributed by atoms with van der Waals surface area (Å²) < 4.78 is 0. The third-order valence-corrected chi connectivity index (χ3v) is 4.87. The van der Waals surface area contributed by atoms with E-state index >= 15 is 0 Å². The lowest BCUT2D eigenvalue weighted by Gasteiger charge is -2.33. The first-order valence-electron chi connectivity index (χ1n) is 8.70. The van der Waals surface area contributed by atoms with Gasteiger partial charge < -0.3 is 15.3 Å². The molecule has 0 aromatic heterocycles. The van der Waals surface area contributed by atoms with Crippen LogP contribution in [0.5, 0.6) is 0 Å². The molecule has 23 heavy (non-hydrogen) atoms. The van der Waals surface area contributed by atoms with Gasteiger partial charge in [0.25, 0.3) is 0 Å². The van der Waals surface area contributed by atoms with Crippen molar-refractivity contribution < 1.29 is 15.3 Å². The molecule has 3 heteroatoms. The fraction of sp³-hybridized carbons (Fsp3) is 0.700. The molecule has 3 atom stereocenters. The number of allylic oxidation sites excluding steroid dienone is 3. The Morgan fingerprint density at radius 1 is 1.04 bits per heavy atom. The van der Waals surface area contributed by atoms with E-state index in [-0.39, 0.29) is 5.92 Å². The highest BCUT2D eigenvalue weighted by molar-refractivity contribution is 5.10. The van der Waals surface area contributed by atoms with Crippen molar-refractivity contribution in [2.45, 2.75) is 84.0 Å². The van der Waals surface area contributed by atoms with Gasteiger partial charge >= 0.3 is 0 Å². The molecule has 0 saturated heterocycles. The SMILES string of the molecule is C=C1CC[C@@H](C(C)(C)O)[C@H](O)/C=C(\C)CC/C=C(\C)CC[C@@H]1O. The molecule has 3 N–H and O–H groups in total. The Morgan fingerprint density at radius 2 is 1.70 bits per heavy atom. The third kappa shape index (κ3) is 7.03. The zero-order valence-corrected chi connectivity index (χ0v) is 15.2. The Balaban J connectivity index is 2.98. The van der Waals surface area contributed by atoms with Gasteiger partial charge in [0.2, 0.25) is 0 Å². The van der Waals surface area contributed by atoms with E-state index in [9.17, 15) is 15.3 Å². The van der Waals surface area contributed by atoms with Gasteiger partial charge in [-0.3, -0.25) is 0 Å². The minimum absolute atomic E-state index is 0.276. The summed E-state index contributed by atoms with van der Waals surface area (Å²) in [5.74, 6) is -0.276. The molecule has 3 nitrogen and oxygen atoms in total. The number of aliphatic hydroxyl groups is 3. The lowest BCUT2D eigenvalue weighted by atomic mass is 9.80.